The summed E-state index contributed by atoms with van der Waals surface area (Å²) in [4.78, 5) is 16.4. The van der Waals surface area contributed by atoms with E-state index in [1.54, 1.807) is 0 Å². The lowest BCUT2D eigenvalue weighted by molar-refractivity contribution is -0.136. The van der Waals surface area contributed by atoms with E-state index in [-0.39, 0.29) is 0 Å². The van der Waals surface area contributed by atoms with Gasteiger partial charge in [-0.1, -0.05) is 6.92 Å². The average Bonchev–Trinajstić information content (AvgIpc) is 2.27. The van der Waals surface area contributed by atoms with Crippen molar-refractivity contribution >= 4 is 5.91 Å². The zero-order valence-electron chi connectivity index (χ0n) is 11.0. The first-order chi connectivity index (χ1) is 8.31. The zero-order valence-corrected chi connectivity index (χ0v) is 11.0. The van der Waals surface area contributed by atoms with E-state index >= 15 is 0 Å². The molecule has 2 fully saturated rings. The summed E-state index contributed by atoms with van der Waals surface area (Å²) in [5.41, 5.74) is 0. The Morgan fingerprint density at radius 3 is 2.59 bits per heavy atom. The molecule has 2 aliphatic heterocycles. The van der Waals surface area contributed by atoms with Crippen LogP contribution in [0.15, 0.2) is 0 Å². The lowest BCUT2D eigenvalue weighted by atomic mass is 10.0. The molecule has 0 bridgehead atoms. The van der Waals surface area contributed by atoms with E-state index in [0.29, 0.717) is 18.5 Å². The normalized spacial score (nSPS) is 21.6. The predicted molar refractivity (Wildman–Crippen MR) is 69.0 cm³/mol. The maximum absolute atomic E-state index is 12.0. The monoisotopic (exact) mass is 239 g/mol. The van der Waals surface area contributed by atoms with Gasteiger partial charge in [0.25, 0.3) is 0 Å². The Morgan fingerprint density at radius 1 is 1.35 bits per heavy atom. The summed E-state index contributed by atoms with van der Waals surface area (Å²) in [5, 5.41) is 3.39. The fourth-order valence-corrected chi connectivity index (χ4v) is 2.69. The molecule has 0 atom stereocenters. The van der Waals surface area contributed by atoms with Gasteiger partial charge in [-0.25, -0.2) is 0 Å². The topological polar surface area (TPSA) is 35.6 Å². The number of hydrogen-bond acceptors (Lipinski definition) is 3. The second-order valence-corrected chi connectivity index (χ2v) is 5.19. The molecule has 1 amide bonds. The van der Waals surface area contributed by atoms with Crippen LogP contribution in [0, 0.1) is 0 Å². The van der Waals surface area contributed by atoms with Crippen molar-refractivity contribution in [1.29, 1.82) is 0 Å². The van der Waals surface area contributed by atoms with Crippen molar-refractivity contribution in [2.75, 3.05) is 39.3 Å². The van der Waals surface area contributed by atoms with Crippen molar-refractivity contribution < 1.29 is 4.79 Å². The van der Waals surface area contributed by atoms with Crippen molar-refractivity contribution in [2.24, 2.45) is 0 Å². The highest BCUT2D eigenvalue weighted by molar-refractivity contribution is 5.79. The minimum absolute atomic E-state index is 0.336. The zero-order chi connectivity index (χ0) is 12.1. The van der Waals surface area contributed by atoms with E-state index in [0.717, 1.165) is 39.1 Å². The van der Waals surface area contributed by atoms with E-state index in [9.17, 15) is 4.79 Å². The van der Waals surface area contributed by atoms with Crippen LogP contribution in [0.25, 0.3) is 0 Å². The Kier molecular flexibility index (Phi) is 4.80. The van der Waals surface area contributed by atoms with Crippen molar-refractivity contribution in [2.45, 2.75) is 38.6 Å². The standard InChI is InChI=1S/C13H25N3O/c1-2-8-16(12-4-6-14-7-5-12)11-13(17)15-9-3-10-15/h12,14H,2-11H2,1H3. The molecule has 4 heteroatoms. The molecule has 1 N–H and O–H groups in total. The fourth-order valence-electron chi connectivity index (χ4n) is 2.69. The molecule has 98 valence electrons. The van der Waals surface area contributed by atoms with Gasteiger partial charge in [0, 0.05) is 19.1 Å². The van der Waals surface area contributed by atoms with E-state index in [4.69, 9.17) is 0 Å². The number of carbonyl (C=O) groups excluding carboxylic acids is 1. The summed E-state index contributed by atoms with van der Waals surface area (Å²) in [7, 11) is 0. The first-order valence-electron chi connectivity index (χ1n) is 7.04. The lowest BCUT2D eigenvalue weighted by Crippen LogP contribution is -2.51. The van der Waals surface area contributed by atoms with Crippen LogP contribution in [-0.2, 0) is 4.79 Å². The molecule has 0 saturated carbocycles. The number of hydrogen-bond donors (Lipinski definition) is 1. The van der Waals surface area contributed by atoms with Gasteiger partial charge in [0.2, 0.25) is 5.91 Å². The smallest absolute Gasteiger partial charge is 0.236 e. The average molecular weight is 239 g/mol. The van der Waals surface area contributed by atoms with Crippen LogP contribution in [0.5, 0.6) is 0 Å². The molecule has 2 heterocycles. The molecule has 2 rings (SSSR count). The van der Waals surface area contributed by atoms with Crippen LogP contribution >= 0.6 is 0 Å². The van der Waals surface area contributed by atoms with Crippen LogP contribution in [0.4, 0.5) is 0 Å². The fraction of sp³-hybridized carbons (Fsp3) is 0.923. The van der Waals surface area contributed by atoms with Crippen LogP contribution in [-0.4, -0.2) is 61.0 Å². The van der Waals surface area contributed by atoms with Crippen LogP contribution < -0.4 is 5.32 Å². The molecule has 4 nitrogen and oxygen atoms in total. The van der Waals surface area contributed by atoms with Gasteiger partial charge in [-0.2, -0.15) is 0 Å². The van der Waals surface area contributed by atoms with E-state index < -0.39 is 0 Å². The van der Waals surface area contributed by atoms with Crippen molar-refractivity contribution in [3.63, 3.8) is 0 Å². The van der Waals surface area contributed by atoms with Crippen LogP contribution in [0.2, 0.25) is 0 Å². The molecule has 0 unspecified atom stereocenters. The minimum Gasteiger partial charge on any atom is -0.341 e. The van der Waals surface area contributed by atoms with Crippen molar-refractivity contribution in [3.05, 3.63) is 0 Å². The van der Waals surface area contributed by atoms with E-state index in [2.05, 4.69) is 17.1 Å². The molecule has 0 aromatic rings. The Bertz CT molecular complexity index is 247. The molecule has 2 saturated heterocycles. The number of rotatable bonds is 5. The van der Waals surface area contributed by atoms with Crippen molar-refractivity contribution in [3.8, 4) is 0 Å². The van der Waals surface area contributed by atoms with Gasteiger partial charge in [-0.05, 0) is 45.3 Å². The van der Waals surface area contributed by atoms with Gasteiger partial charge in [-0.3, -0.25) is 9.69 Å². The molecule has 0 spiro atoms. The van der Waals surface area contributed by atoms with Gasteiger partial charge in [0.05, 0.1) is 6.54 Å². The van der Waals surface area contributed by atoms with Gasteiger partial charge < -0.3 is 10.2 Å². The second-order valence-electron chi connectivity index (χ2n) is 5.19. The number of nitrogens with zero attached hydrogens (tertiary/aromatic N) is 2. The van der Waals surface area contributed by atoms with Gasteiger partial charge in [0.1, 0.15) is 0 Å². The summed E-state index contributed by atoms with van der Waals surface area (Å²) in [5.74, 6) is 0.336. The largest absolute Gasteiger partial charge is 0.341 e. The maximum Gasteiger partial charge on any atom is 0.236 e. The van der Waals surface area contributed by atoms with E-state index in [1.807, 2.05) is 4.90 Å². The summed E-state index contributed by atoms with van der Waals surface area (Å²) < 4.78 is 0. The summed E-state index contributed by atoms with van der Waals surface area (Å²) in [6, 6.07) is 0.612. The molecular formula is C13H25N3O. The third-order valence-corrected chi connectivity index (χ3v) is 3.88. The highest BCUT2D eigenvalue weighted by Crippen LogP contribution is 2.14. The van der Waals surface area contributed by atoms with Gasteiger partial charge >= 0.3 is 0 Å². The molecule has 17 heavy (non-hydrogen) atoms. The quantitative estimate of drug-likeness (QED) is 0.766. The Balaban J connectivity index is 1.83. The molecule has 0 aromatic carbocycles. The number of amides is 1. The third kappa shape index (κ3) is 3.42. The first-order valence-corrected chi connectivity index (χ1v) is 7.04. The number of piperidine rings is 1. The number of nitrogens with one attached hydrogen (secondary N) is 1. The molecule has 0 aromatic heterocycles. The van der Waals surface area contributed by atoms with Crippen molar-refractivity contribution in [1.82, 2.24) is 15.1 Å². The lowest BCUT2D eigenvalue weighted by Gasteiger charge is -2.37. The molecule has 2 aliphatic rings. The minimum atomic E-state index is 0.336. The van der Waals surface area contributed by atoms with Crippen LogP contribution in [0.1, 0.15) is 32.6 Å². The SMILES string of the molecule is CCCN(CC(=O)N1CCC1)C1CCNCC1. The molecular weight excluding hydrogens is 214 g/mol. The van der Waals surface area contributed by atoms with Gasteiger partial charge in [-0.15, -0.1) is 0 Å². The number of likely N-dealkylation sites (tertiary alicyclic amines) is 1. The third-order valence-electron chi connectivity index (χ3n) is 3.88. The molecule has 0 radical (unpaired) electrons. The first kappa shape index (κ1) is 12.8. The maximum atomic E-state index is 12.0. The highest BCUT2D eigenvalue weighted by Gasteiger charge is 2.26. The Labute approximate surface area is 104 Å². The Hall–Kier alpha value is -0.610. The van der Waals surface area contributed by atoms with Crippen LogP contribution in [0.3, 0.4) is 0 Å². The molecule has 0 aliphatic carbocycles. The summed E-state index contributed by atoms with van der Waals surface area (Å²) in [6.45, 7) is 8.05. The predicted octanol–water partition coefficient (Wildman–Crippen LogP) is 0.683. The summed E-state index contributed by atoms with van der Waals surface area (Å²) in [6.07, 6.45) is 4.70. The Morgan fingerprint density at radius 2 is 2.06 bits per heavy atom. The second kappa shape index (κ2) is 6.36. The van der Waals surface area contributed by atoms with Gasteiger partial charge in [0.15, 0.2) is 0 Å². The summed E-state index contributed by atoms with van der Waals surface area (Å²) >= 11 is 0. The highest BCUT2D eigenvalue weighted by atomic mass is 16.2. The van der Waals surface area contributed by atoms with E-state index in [1.165, 1.54) is 19.3 Å². The number of carbonyl (C=O) groups is 1.